The molecular weight excluding hydrogens is 300 g/mol. The van der Waals surface area contributed by atoms with Crippen LogP contribution in [-0.2, 0) is 0 Å². The van der Waals surface area contributed by atoms with E-state index in [2.05, 4.69) is 10.2 Å². The molecule has 0 aliphatic carbocycles. The third kappa shape index (κ3) is 2.86. The van der Waals surface area contributed by atoms with Crippen LogP contribution in [0, 0.1) is 13.8 Å². The molecule has 1 fully saturated rings. The molecule has 1 aliphatic rings. The van der Waals surface area contributed by atoms with Crippen LogP contribution in [0.5, 0.6) is 0 Å². The highest BCUT2D eigenvalue weighted by Crippen LogP contribution is 2.20. The van der Waals surface area contributed by atoms with E-state index in [9.17, 15) is 4.79 Å². The van der Waals surface area contributed by atoms with Crippen molar-refractivity contribution in [2.75, 3.05) is 13.1 Å². The Hall–Kier alpha value is -1.88. The van der Waals surface area contributed by atoms with Crippen molar-refractivity contribution in [3.63, 3.8) is 0 Å². The summed E-state index contributed by atoms with van der Waals surface area (Å²) in [5.74, 6) is -0.0262. The molecule has 5 nitrogen and oxygen atoms in total. The second-order valence-corrected chi connectivity index (χ2v) is 6.12. The fourth-order valence-corrected chi connectivity index (χ4v) is 2.82. The standard InChI is InChI=1S/C16H19ClN4O/c1-11-6-7-13(10-14(11)17)21-18-12(2)15(19-21)16(22)20-8-4-3-5-9-20/h6-7,10H,3-5,8-9H2,1-2H3. The predicted molar refractivity (Wildman–Crippen MR) is 85.6 cm³/mol. The van der Waals surface area contributed by atoms with Crippen LogP contribution in [0.1, 0.15) is 41.0 Å². The molecule has 116 valence electrons. The predicted octanol–water partition coefficient (Wildman–Crippen LogP) is 3.16. The van der Waals surface area contributed by atoms with Gasteiger partial charge < -0.3 is 4.90 Å². The molecule has 1 amide bonds. The normalized spacial score (nSPS) is 15.1. The molecule has 3 rings (SSSR count). The first-order chi connectivity index (χ1) is 10.6. The number of carbonyl (C=O) groups excluding carboxylic acids is 1. The summed E-state index contributed by atoms with van der Waals surface area (Å²) in [5, 5.41) is 9.41. The van der Waals surface area contributed by atoms with Crippen LogP contribution in [0.3, 0.4) is 0 Å². The van der Waals surface area contributed by atoms with Crippen molar-refractivity contribution in [2.24, 2.45) is 0 Å². The first kappa shape index (κ1) is 15.0. The Morgan fingerprint density at radius 3 is 2.55 bits per heavy atom. The number of hydrogen-bond donors (Lipinski definition) is 0. The Labute approximate surface area is 134 Å². The maximum Gasteiger partial charge on any atom is 0.276 e. The quantitative estimate of drug-likeness (QED) is 0.854. The van der Waals surface area contributed by atoms with E-state index < -0.39 is 0 Å². The van der Waals surface area contributed by atoms with Crippen LogP contribution in [0.2, 0.25) is 5.02 Å². The third-order valence-electron chi connectivity index (χ3n) is 4.01. The molecule has 1 saturated heterocycles. The van der Waals surface area contributed by atoms with Gasteiger partial charge in [-0.3, -0.25) is 4.79 Å². The maximum atomic E-state index is 12.6. The van der Waals surface area contributed by atoms with Gasteiger partial charge in [-0.05, 0) is 50.8 Å². The molecule has 0 spiro atoms. The number of aromatic nitrogens is 3. The van der Waals surface area contributed by atoms with Crippen molar-refractivity contribution in [2.45, 2.75) is 33.1 Å². The van der Waals surface area contributed by atoms with E-state index in [1.54, 1.807) is 0 Å². The minimum Gasteiger partial charge on any atom is -0.337 e. The number of nitrogens with zero attached hydrogens (tertiary/aromatic N) is 4. The highest BCUT2D eigenvalue weighted by Gasteiger charge is 2.23. The van der Waals surface area contributed by atoms with Gasteiger partial charge in [0.1, 0.15) is 0 Å². The highest BCUT2D eigenvalue weighted by molar-refractivity contribution is 6.31. The Morgan fingerprint density at radius 1 is 1.14 bits per heavy atom. The second-order valence-electron chi connectivity index (χ2n) is 5.71. The fraction of sp³-hybridized carbons (Fsp3) is 0.438. The minimum absolute atomic E-state index is 0.0262. The van der Waals surface area contributed by atoms with Crippen molar-refractivity contribution >= 4 is 17.5 Å². The van der Waals surface area contributed by atoms with Crippen LogP contribution in [-0.4, -0.2) is 38.9 Å². The molecule has 0 bridgehead atoms. The van der Waals surface area contributed by atoms with Gasteiger partial charge in [-0.25, -0.2) is 0 Å². The van der Waals surface area contributed by atoms with Crippen molar-refractivity contribution in [1.29, 1.82) is 0 Å². The van der Waals surface area contributed by atoms with Gasteiger partial charge in [0.25, 0.3) is 5.91 Å². The SMILES string of the molecule is Cc1ccc(-n2nc(C)c(C(=O)N3CCCCC3)n2)cc1Cl. The average Bonchev–Trinajstić information content (AvgIpc) is 2.92. The van der Waals surface area contributed by atoms with Crippen molar-refractivity contribution in [1.82, 2.24) is 19.9 Å². The van der Waals surface area contributed by atoms with Crippen LogP contribution in [0.15, 0.2) is 18.2 Å². The van der Waals surface area contributed by atoms with Gasteiger partial charge in [0.15, 0.2) is 5.69 Å². The molecule has 0 saturated carbocycles. The summed E-state index contributed by atoms with van der Waals surface area (Å²) < 4.78 is 0. The van der Waals surface area contributed by atoms with Crippen molar-refractivity contribution < 1.29 is 4.79 Å². The number of likely N-dealkylation sites (tertiary alicyclic amines) is 1. The monoisotopic (exact) mass is 318 g/mol. The molecule has 0 atom stereocenters. The van der Waals surface area contributed by atoms with E-state index in [1.165, 1.54) is 11.2 Å². The lowest BCUT2D eigenvalue weighted by Gasteiger charge is -2.25. The molecule has 2 heterocycles. The first-order valence-corrected chi connectivity index (χ1v) is 7.94. The van der Waals surface area contributed by atoms with Gasteiger partial charge in [0.2, 0.25) is 0 Å². The number of carbonyl (C=O) groups is 1. The number of amides is 1. The number of benzene rings is 1. The first-order valence-electron chi connectivity index (χ1n) is 7.56. The lowest BCUT2D eigenvalue weighted by molar-refractivity contribution is 0.0717. The van der Waals surface area contributed by atoms with Crippen molar-refractivity contribution in [3.05, 3.63) is 40.2 Å². The van der Waals surface area contributed by atoms with Crippen LogP contribution in [0.4, 0.5) is 0 Å². The highest BCUT2D eigenvalue weighted by atomic mass is 35.5. The molecule has 1 aliphatic heterocycles. The Kier molecular flexibility index (Phi) is 4.16. The molecule has 2 aromatic rings. The molecule has 1 aromatic heterocycles. The summed E-state index contributed by atoms with van der Waals surface area (Å²) in [7, 11) is 0. The Bertz CT molecular complexity index is 704. The maximum absolute atomic E-state index is 12.6. The zero-order valence-electron chi connectivity index (χ0n) is 12.8. The molecule has 1 aromatic carbocycles. The zero-order valence-corrected chi connectivity index (χ0v) is 13.6. The number of rotatable bonds is 2. The van der Waals surface area contributed by atoms with Gasteiger partial charge in [-0.15, -0.1) is 5.10 Å². The topological polar surface area (TPSA) is 51.0 Å². The summed E-state index contributed by atoms with van der Waals surface area (Å²) in [6, 6.07) is 5.63. The van der Waals surface area contributed by atoms with Gasteiger partial charge in [-0.1, -0.05) is 17.7 Å². The van der Waals surface area contributed by atoms with Gasteiger partial charge in [0.05, 0.1) is 11.4 Å². The number of aryl methyl sites for hydroxylation is 2. The van der Waals surface area contributed by atoms with Gasteiger partial charge in [0, 0.05) is 18.1 Å². The summed E-state index contributed by atoms with van der Waals surface area (Å²) >= 11 is 6.15. The molecule has 6 heteroatoms. The van der Waals surface area contributed by atoms with E-state index in [4.69, 9.17) is 11.6 Å². The van der Waals surface area contributed by atoms with Crippen LogP contribution in [0.25, 0.3) is 5.69 Å². The lowest BCUT2D eigenvalue weighted by atomic mass is 10.1. The zero-order chi connectivity index (χ0) is 15.7. The van der Waals surface area contributed by atoms with E-state index >= 15 is 0 Å². The van der Waals surface area contributed by atoms with Gasteiger partial charge in [-0.2, -0.15) is 9.90 Å². The van der Waals surface area contributed by atoms with E-state index in [-0.39, 0.29) is 5.91 Å². The van der Waals surface area contributed by atoms with E-state index in [1.807, 2.05) is 36.9 Å². The molecule has 22 heavy (non-hydrogen) atoms. The lowest BCUT2D eigenvalue weighted by Crippen LogP contribution is -2.36. The molecular formula is C16H19ClN4O. The van der Waals surface area contributed by atoms with E-state index in [0.29, 0.717) is 16.4 Å². The molecule has 0 N–H and O–H groups in total. The summed E-state index contributed by atoms with van der Waals surface area (Å²) in [5.41, 5.74) is 2.83. The summed E-state index contributed by atoms with van der Waals surface area (Å²) in [4.78, 5) is 15.9. The van der Waals surface area contributed by atoms with Crippen LogP contribution < -0.4 is 0 Å². The molecule has 0 unspecified atom stereocenters. The summed E-state index contributed by atoms with van der Waals surface area (Å²) in [6.45, 7) is 5.37. The van der Waals surface area contributed by atoms with Gasteiger partial charge >= 0.3 is 0 Å². The third-order valence-corrected chi connectivity index (χ3v) is 4.42. The van der Waals surface area contributed by atoms with E-state index in [0.717, 1.165) is 37.2 Å². The minimum atomic E-state index is -0.0262. The van der Waals surface area contributed by atoms with Crippen molar-refractivity contribution in [3.8, 4) is 5.69 Å². The summed E-state index contributed by atoms with van der Waals surface area (Å²) in [6.07, 6.45) is 3.32. The fourth-order valence-electron chi connectivity index (χ4n) is 2.64. The largest absolute Gasteiger partial charge is 0.337 e. The smallest absolute Gasteiger partial charge is 0.276 e. The number of halogens is 1. The number of piperidine rings is 1. The average molecular weight is 319 g/mol. The number of hydrogen-bond acceptors (Lipinski definition) is 3. The molecule has 0 radical (unpaired) electrons. The Morgan fingerprint density at radius 2 is 1.86 bits per heavy atom. The second kappa shape index (κ2) is 6.08. The van der Waals surface area contributed by atoms with Crippen LogP contribution >= 0.6 is 11.6 Å². The Balaban J connectivity index is 1.89.